The van der Waals surface area contributed by atoms with E-state index in [1.807, 2.05) is 0 Å². The van der Waals surface area contributed by atoms with Crippen LogP contribution in [0.3, 0.4) is 0 Å². The molecule has 215 valence electrons. The Morgan fingerprint density at radius 2 is 0.811 bits per heavy atom. The summed E-state index contributed by atoms with van der Waals surface area (Å²) < 4.78 is 13.7. The summed E-state index contributed by atoms with van der Waals surface area (Å²) in [5.41, 5.74) is 0. The Morgan fingerprint density at radius 3 is 1.03 bits per heavy atom. The Labute approximate surface area is 227 Å². The van der Waals surface area contributed by atoms with E-state index in [1.54, 1.807) is 20.8 Å². The molecule has 0 bridgehead atoms. The molecular weight excluding hydrogens is 496 g/mol. The van der Waals surface area contributed by atoms with Crippen LogP contribution >= 0.6 is 0 Å². The van der Waals surface area contributed by atoms with Crippen molar-refractivity contribution in [3.05, 3.63) is 37.0 Å². The van der Waals surface area contributed by atoms with Crippen molar-refractivity contribution in [1.82, 2.24) is 0 Å². The molecule has 0 aliphatic rings. The highest BCUT2D eigenvalue weighted by atomic mass is 28.1. The van der Waals surface area contributed by atoms with Gasteiger partial charge in [-0.05, 0) is 20.8 Å². The first-order chi connectivity index (χ1) is 17.7. The van der Waals surface area contributed by atoms with Gasteiger partial charge < -0.3 is 29.5 Å². The minimum absolute atomic E-state index is 0.504. The molecule has 0 saturated heterocycles. The molecule has 0 rings (SSSR count). The summed E-state index contributed by atoms with van der Waals surface area (Å²) in [6.07, 6.45) is 20.6. The first-order valence-corrected chi connectivity index (χ1v) is 13.6. The Bertz CT molecular complexity index is 504. The van der Waals surface area contributed by atoms with Crippen LogP contribution in [0, 0.1) is 0 Å². The van der Waals surface area contributed by atoms with Crippen molar-refractivity contribution >= 4 is 28.2 Å². The second kappa shape index (κ2) is 40.4. The van der Waals surface area contributed by atoms with E-state index in [0.717, 1.165) is 37.0 Å². The summed E-state index contributed by atoms with van der Waals surface area (Å²) in [6, 6.07) is 1.18. The second-order valence-electron chi connectivity index (χ2n) is 7.22. The number of rotatable bonds is 19. The molecule has 0 fully saturated rings. The fourth-order valence-corrected chi connectivity index (χ4v) is 2.47. The fourth-order valence-electron chi connectivity index (χ4n) is 2.22. The molecule has 0 aliphatic heterocycles. The predicted octanol–water partition coefficient (Wildman–Crippen LogP) is 6.36. The standard InChI is InChI=1S/C12H25Si.3C5H8O3/c1-2-3-4-5-6-7-8-9-10-11-12-13;3*1-2-8-4-3-5(6)7/h2-12H2,1H3;3*3-4H,2H2,1H3,(H,6,7). The molecule has 0 amide bonds. The second-order valence-corrected chi connectivity index (χ2v) is 7.72. The van der Waals surface area contributed by atoms with Crippen molar-refractivity contribution in [2.45, 2.75) is 97.9 Å². The van der Waals surface area contributed by atoms with Gasteiger partial charge in [-0.2, -0.15) is 0 Å². The maximum Gasteiger partial charge on any atom is 0.331 e. The third-order valence-corrected chi connectivity index (χ3v) is 4.30. The highest BCUT2D eigenvalue weighted by Gasteiger charge is 1.91. The van der Waals surface area contributed by atoms with Crippen LogP contribution in [-0.2, 0) is 28.6 Å². The molecule has 0 aromatic rings. The van der Waals surface area contributed by atoms with Gasteiger partial charge in [-0.25, -0.2) is 14.4 Å². The SMILES string of the molecule is CCCCCCCCCCCC[Si].CCOC=CC(=O)O.CCOC=CC(=O)O.CCOC=CC(=O)O. The molecule has 0 atom stereocenters. The van der Waals surface area contributed by atoms with Gasteiger partial charge in [-0.3, -0.25) is 0 Å². The first kappa shape index (κ1) is 41.4. The van der Waals surface area contributed by atoms with E-state index in [1.165, 1.54) is 70.3 Å². The summed E-state index contributed by atoms with van der Waals surface area (Å²) in [7, 11) is 3.50. The lowest BCUT2D eigenvalue weighted by atomic mass is 10.1. The number of hydrogen-bond acceptors (Lipinski definition) is 6. The molecular formula is C27H49O9Si. The number of aliphatic carboxylic acids is 3. The average Bonchev–Trinajstić information content (AvgIpc) is 2.84. The quantitative estimate of drug-likeness (QED) is 0.0732. The Kier molecular flexibility index (Phi) is 45.2. The molecule has 9 nitrogen and oxygen atoms in total. The Morgan fingerprint density at radius 1 is 0.541 bits per heavy atom. The van der Waals surface area contributed by atoms with Gasteiger partial charge in [-0.1, -0.05) is 77.2 Å². The molecule has 0 aromatic carbocycles. The van der Waals surface area contributed by atoms with Crippen LogP contribution in [0.2, 0.25) is 6.04 Å². The molecule has 0 heterocycles. The van der Waals surface area contributed by atoms with Crippen LogP contribution < -0.4 is 0 Å². The van der Waals surface area contributed by atoms with Gasteiger partial charge in [0.1, 0.15) is 0 Å². The van der Waals surface area contributed by atoms with Gasteiger partial charge in [0.05, 0.1) is 56.8 Å². The molecule has 3 N–H and O–H groups in total. The summed E-state index contributed by atoms with van der Waals surface area (Å²) >= 11 is 0. The van der Waals surface area contributed by atoms with Crippen LogP contribution in [0.25, 0.3) is 0 Å². The van der Waals surface area contributed by atoms with Gasteiger partial charge in [0.2, 0.25) is 0 Å². The highest BCUT2D eigenvalue weighted by molar-refractivity contribution is 6.08. The maximum absolute atomic E-state index is 9.71. The minimum atomic E-state index is -0.988. The molecule has 0 spiro atoms. The monoisotopic (exact) mass is 545 g/mol. The van der Waals surface area contributed by atoms with E-state index in [-0.39, 0.29) is 0 Å². The van der Waals surface area contributed by atoms with Gasteiger partial charge in [0.25, 0.3) is 0 Å². The number of ether oxygens (including phenoxy) is 3. The Balaban J connectivity index is -0.000000202. The van der Waals surface area contributed by atoms with E-state index in [4.69, 9.17) is 15.3 Å². The molecule has 37 heavy (non-hydrogen) atoms. The van der Waals surface area contributed by atoms with Crippen molar-refractivity contribution in [3.63, 3.8) is 0 Å². The lowest BCUT2D eigenvalue weighted by molar-refractivity contribution is -0.132. The molecule has 3 radical (unpaired) electrons. The lowest BCUT2D eigenvalue weighted by Crippen LogP contribution is -1.87. The van der Waals surface area contributed by atoms with Crippen LogP contribution in [0.4, 0.5) is 0 Å². The van der Waals surface area contributed by atoms with Gasteiger partial charge in [0, 0.05) is 10.2 Å². The molecule has 0 unspecified atom stereocenters. The van der Waals surface area contributed by atoms with Crippen LogP contribution in [0.1, 0.15) is 91.9 Å². The van der Waals surface area contributed by atoms with Crippen molar-refractivity contribution in [1.29, 1.82) is 0 Å². The zero-order valence-corrected chi connectivity index (χ0v) is 24.2. The fraction of sp³-hybridized carbons (Fsp3) is 0.667. The number of unbranched alkanes of at least 4 members (excludes halogenated alkanes) is 9. The largest absolute Gasteiger partial charge is 0.501 e. The van der Waals surface area contributed by atoms with Gasteiger partial charge in [-0.15, -0.1) is 0 Å². The third-order valence-electron chi connectivity index (χ3n) is 3.95. The minimum Gasteiger partial charge on any atom is -0.501 e. The summed E-state index contributed by atoms with van der Waals surface area (Å²) in [4.78, 5) is 29.1. The van der Waals surface area contributed by atoms with E-state index in [0.29, 0.717) is 19.8 Å². The van der Waals surface area contributed by atoms with E-state index in [2.05, 4.69) is 31.4 Å². The zero-order chi connectivity index (χ0) is 29.0. The number of hydrogen-bond donors (Lipinski definition) is 3. The maximum atomic E-state index is 9.71. The number of carboxylic acid groups (broad SMARTS) is 3. The number of carboxylic acids is 3. The number of carbonyl (C=O) groups is 3. The lowest BCUT2D eigenvalue weighted by Gasteiger charge is -2.00. The summed E-state index contributed by atoms with van der Waals surface area (Å²) in [5, 5.41) is 23.9. The molecule has 0 aromatic heterocycles. The van der Waals surface area contributed by atoms with E-state index < -0.39 is 17.9 Å². The van der Waals surface area contributed by atoms with Crippen molar-refractivity contribution in [2.75, 3.05) is 19.8 Å². The normalized spacial score (nSPS) is 9.97. The van der Waals surface area contributed by atoms with Crippen LogP contribution in [0.15, 0.2) is 37.0 Å². The average molecular weight is 546 g/mol. The molecule has 0 aliphatic carbocycles. The summed E-state index contributed by atoms with van der Waals surface area (Å²) in [5.74, 6) is -2.96. The molecule has 10 heteroatoms. The topological polar surface area (TPSA) is 140 Å². The smallest absolute Gasteiger partial charge is 0.331 e. The van der Waals surface area contributed by atoms with Crippen LogP contribution in [-0.4, -0.2) is 63.3 Å². The van der Waals surface area contributed by atoms with Gasteiger partial charge >= 0.3 is 17.9 Å². The predicted molar refractivity (Wildman–Crippen MR) is 148 cm³/mol. The van der Waals surface area contributed by atoms with Crippen molar-refractivity contribution in [2.24, 2.45) is 0 Å². The van der Waals surface area contributed by atoms with Crippen molar-refractivity contribution < 1.29 is 43.9 Å². The van der Waals surface area contributed by atoms with Gasteiger partial charge in [0.15, 0.2) is 0 Å². The van der Waals surface area contributed by atoms with Crippen LogP contribution in [0.5, 0.6) is 0 Å². The van der Waals surface area contributed by atoms with E-state index >= 15 is 0 Å². The summed E-state index contributed by atoms with van der Waals surface area (Å²) in [6.45, 7) is 9.14. The third kappa shape index (κ3) is 65.6. The zero-order valence-electron chi connectivity index (χ0n) is 23.2. The highest BCUT2D eigenvalue weighted by Crippen LogP contribution is 2.10. The van der Waals surface area contributed by atoms with E-state index in [9.17, 15) is 14.4 Å². The first-order valence-electron chi connectivity index (χ1n) is 12.9. The molecule has 0 saturated carbocycles. The Hall–Kier alpha value is -2.75. The van der Waals surface area contributed by atoms with Crippen molar-refractivity contribution in [3.8, 4) is 0 Å².